The Balaban J connectivity index is 1.13. The van der Waals surface area contributed by atoms with Crippen molar-refractivity contribution in [3.63, 3.8) is 0 Å². The van der Waals surface area contributed by atoms with Gasteiger partial charge < -0.3 is 20.9 Å². The molecular weight excluding hydrogens is 493 g/mol. The van der Waals surface area contributed by atoms with Crippen LogP contribution in [-0.2, 0) is 6.54 Å². The van der Waals surface area contributed by atoms with Gasteiger partial charge in [-0.2, -0.15) is 4.98 Å². The number of carbonyl (C=O) groups excluding carboxylic acids is 1. The second-order valence-electron chi connectivity index (χ2n) is 9.77. The summed E-state index contributed by atoms with van der Waals surface area (Å²) >= 11 is 0. The van der Waals surface area contributed by atoms with E-state index in [-0.39, 0.29) is 11.7 Å². The van der Waals surface area contributed by atoms with E-state index < -0.39 is 0 Å². The van der Waals surface area contributed by atoms with Crippen molar-refractivity contribution in [2.75, 3.05) is 23.7 Å². The molecule has 8 nitrogen and oxygen atoms in total. The minimum atomic E-state index is -0.249. The largest absolute Gasteiger partial charge is 0.340 e. The molecule has 0 unspecified atom stereocenters. The van der Waals surface area contributed by atoms with Gasteiger partial charge in [0.05, 0.1) is 5.69 Å². The van der Waals surface area contributed by atoms with E-state index in [1.54, 1.807) is 31.3 Å². The van der Waals surface area contributed by atoms with Crippen molar-refractivity contribution in [2.24, 2.45) is 0 Å². The van der Waals surface area contributed by atoms with Gasteiger partial charge in [-0.05, 0) is 92.4 Å². The summed E-state index contributed by atoms with van der Waals surface area (Å²) in [5, 5.41) is 9.93. The molecule has 1 saturated heterocycles. The number of nitrogens with one attached hydrogen (secondary N) is 3. The number of piperidine rings is 1. The van der Waals surface area contributed by atoms with E-state index in [1.807, 2.05) is 41.4 Å². The number of rotatable bonds is 8. The summed E-state index contributed by atoms with van der Waals surface area (Å²) in [6.07, 6.45) is 5.29. The SMILES string of the molecule is Cc1cc(Nc2ccnc(Nc3ccc(C(=O)N4CCC(NCc5ncccc5C)CC4)cc3)n2)ccc1F. The highest BCUT2D eigenvalue weighted by Crippen LogP contribution is 2.21. The Morgan fingerprint density at radius 1 is 0.923 bits per heavy atom. The molecule has 1 aliphatic rings. The zero-order valence-electron chi connectivity index (χ0n) is 22.1. The Labute approximate surface area is 227 Å². The molecule has 3 heterocycles. The Bertz CT molecular complexity index is 1440. The van der Waals surface area contributed by atoms with E-state index in [1.165, 1.54) is 11.6 Å². The number of hydrogen-bond donors (Lipinski definition) is 3. The number of hydrogen-bond acceptors (Lipinski definition) is 7. The molecule has 0 spiro atoms. The number of pyridine rings is 1. The molecule has 1 amide bonds. The quantitative estimate of drug-likeness (QED) is 0.279. The third-order valence-electron chi connectivity index (χ3n) is 6.93. The van der Waals surface area contributed by atoms with Crippen LogP contribution in [0.2, 0.25) is 0 Å². The van der Waals surface area contributed by atoms with Crippen molar-refractivity contribution >= 4 is 29.0 Å². The highest BCUT2D eigenvalue weighted by molar-refractivity contribution is 5.94. The number of anilines is 4. The third-order valence-corrected chi connectivity index (χ3v) is 6.93. The monoisotopic (exact) mass is 525 g/mol. The molecule has 0 saturated carbocycles. The average molecular weight is 526 g/mol. The van der Waals surface area contributed by atoms with Gasteiger partial charge in [-0.25, -0.2) is 9.37 Å². The number of nitrogens with zero attached hydrogens (tertiary/aromatic N) is 4. The summed E-state index contributed by atoms with van der Waals surface area (Å²) < 4.78 is 13.5. The van der Waals surface area contributed by atoms with Crippen molar-refractivity contribution in [2.45, 2.75) is 39.3 Å². The van der Waals surface area contributed by atoms with E-state index in [0.717, 1.165) is 49.5 Å². The topological polar surface area (TPSA) is 95.1 Å². The van der Waals surface area contributed by atoms with Crippen molar-refractivity contribution in [3.05, 3.63) is 101 Å². The fourth-order valence-electron chi connectivity index (χ4n) is 4.60. The van der Waals surface area contributed by atoms with Crippen LogP contribution < -0.4 is 16.0 Å². The molecule has 200 valence electrons. The summed E-state index contributed by atoms with van der Waals surface area (Å²) in [6, 6.07) is 18.3. The highest BCUT2D eigenvalue weighted by Gasteiger charge is 2.23. The number of aryl methyl sites for hydroxylation is 2. The van der Waals surface area contributed by atoms with Gasteiger partial charge in [0.2, 0.25) is 5.95 Å². The van der Waals surface area contributed by atoms with Crippen molar-refractivity contribution in [1.29, 1.82) is 0 Å². The lowest BCUT2D eigenvalue weighted by atomic mass is 10.0. The summed E-state index contributed by atoms with van der Waals surface area (Å²) in [6.45, 7) is 5.98. The van der Waals surface area contributed by atoms with Crippen molar-refractivity contribution in [3.8, 4) is 0 Å². The van der Waals surface area contributed by atoms with Gasteiger partial charge in [-0.1, -0.05) is 6.07 Å². The molecule has 0 radical (unpaired) electrons. The lowest BCUT2D eigenvalue weighted by Crippen LogP contribution is -2.44. The third kappa shape index (κ3) is 6.74. The predicted octanol–water partition coefficient (Wildman–Crippen LogP) is 5.51. The Morgan fingerprint density at radius 3 is 2.44 bits per heavy atom. The average Bonchev–Trinajstić information content (AvgIpc) is 2.95. The smallest absolute Gasteiger partial charge is 0.253 e. The van der Waals surface area contributed by atoms with Gasteiger partial charge in [-0.3, -0.25) is 9.78 Å². The first-order valence-electron chi connectivity index (χ1n) is 13.1. The minimum absolute atomic E-state index is 0.0395. The zero-order chi connectivity index (χ0) is 27.2. The van der Waals surface area contributed by atoms with Crippen LogP contribution >= 0.6 is 0 Å². The van der Waals surface area contributed by atoms with Gasteiger partial charge in [0.15, 0.2) is 0 Å². The van der Waals surface area contributed by atoms with Crippen molar-refractivity contribution in [1.82, 2.24) is 25.2 Å². The zero-order valence-corrected chi connectivity index (χ0v) is 22.1. The van der Waals surface area contributed by atoms with Gasteiger partial charge in [0.25, 0.3) is 5.91 Å². The molecule has 9 heteroatoms. The fourth-order valence-corrected chi connectivity index (χ4v) is 4.60. The first kappa shape index (κ1) is 26.2. The predicted molar refractivity (Wildman–Crippen MR) is 151 cm³/mol. The molecule has 2 aromatic carbocycles. The Kier molecular flexibility index (Phi) is 8.07. The molecule has 39 heavy (non-hydrogen) atoms. The Morgan fingerprint density at radius 2 is 1.69 bits per heavy atom. The van der Waals surface area contributed by atoms with Gasteiger partial charge in [0, 0.05) is 55.0 Å². The van der Waals surface area contributed by atoms with E-state index in [9.17, 15) is 9.18 Å². The molecule has 0 bridgehead atoms. The molecule has 5 rings (SSSR count). The minimum Gasteiger partial charge on any atom is -0.340 e. The number of carbonyl (C=O) groups is 1. The molecule has 3 N–H and O–H groups in total. The number of benzene rings is 2. The van der Waals surface area contributed by atoms with E-state index in [2.05, 4.69) is 43.9 Å². The van der Waals surface area contributed by atoms with Crippen LogP contribution in [0.4, 0.5) is 27.5 Å². The summed E-state index contributed by atoms with van der Waals surface area (Å²) in [7, 11) is 0. The van der Waals surface area contributed by atoms with Crippen LogP contribution in [0.3, 0.4) is 0 Å². The standard InChI is InChI=1S/C30H32FN7O/c1-20-4-3-14-32-27(20)19-34-23-12-16-38(17-13-23)29(39)22-5-7-24(8-6-22)36-30-33-15-11-28(37-30)35-25-9-10-26(31)21(2)18-25/h3-11,14-15,18,23,34H,12-13,16-17,19H2,1-2H3,(H2,33,35,36,37). The normalized spacial score (nSPS) is 13.8. The van der Waals surface area contributed by atoms with Crippen LogP contribution in [0.15, 0.2) is 73.1 Å². The highest BCUT2D eigenvalue weighted by atomic mass is 19.1. The van der Waals surface area contributed by atoms with Crippen LogP contribution in [0, 0.1) is 19.7 Å². The molecule has 0 atom stereocenters. The maximum Gasteiger partial charge on any atom is 0.253 e. The second kappa shape index (κ2) is 12.0. The summed E-state index contributed by atoms with van der Waals surface area (Å²) in [4.78, 5) is 28.2. The van der Waals surface area contributed by atoms with Crippen molar-refractivity contribution < 1.29 is 9.18 Å². The van der Waals surface area contributed by atoms with E-state index >= 15 is 0 Å². The molecule has 4 aromatic rings. The molecule has 1 fully saturated rings. The first-order chi connectivity index (χ1) is 18.9. The number of halogens is 1. The van der Waals surface area contributed by atoms with Crippen LogP contribution in [-0.4, -0.2) is 44.9 Å². The van der Waals surface area contributed by atoms with E-state index in [0.29, 0.717) is 28.9 Å². The first-order valence-corrected chi connectivity index (χ1v) is 13.1. The van der Waals surface area contributed by atoms with Crippen LogP contribution in [0.1, 0.15) is 40.0 Å². The number of aromatic nitrogens is 3. The maximum atomic E-state index is 13.5. The Hall–Kier alpha value is -4.37. The molecule has 2 aromatic heterocycles. The van der Waals surface area contributed by atoms with Gasteiger partial charge >= 0.3 is 0 Å². The summed E-state index contributed by atoms with van der Waals surface area (Å²) in [5.41, 5.74) is 4.98. The number of amides is 1. The van der Waals surface area contributed by atoms with E-state index in [4.69, 9.17) is 0 Å². The number of likely N-dealkylation sites (tertiary alicyclic amines) is 1. The lowest BCUT2D eigenvalue weighted by Gasteiger charge is -2.32. The van der Waals surface area contributed by atoms with Crippen LogP contribution in [0.25, 0.3) is 0 Å². The van der Waals surface area contributed by atoms with Crippen LogP contribution in [0.5, 0.6) is 0 Å². The van der Waals surface area contributed by atoms with Gasteiger partial charge in [-0.15, -0.1) is 0 Å². The fraction of sp³-hybridized carbons (Fsp3) is 0.267. The second-order valence-corrected chi connectivity index (χ2v) is 9.77. The lowest BCUT2D eigenvalue weighted by molar-refractivity contribution is 0.0704. The molecule has 1 aliphatic heterocycles. The van der Waals surface area contributed by atoms with Gasteiger partial charge in [0.1, 0.15) is 11.6 Å². The maximum absolute atomic E-state index is 13.5. The summed E-state index contributed by atoms with van der Waals surface area (Å²) in [5.74, 6) is 0.782. The molecule has 0 aliphatic carbocycles. The molecular formula is C30H32FN7O.